The van der Waals surface area contributed by atoms with Crippen LogP contribution in [0.25, 0.3) is 22.5 Å². The minimum atomic E-state index is 0.0459. The monoisotopic (exact) mass is 290 g/mol. The summed E-state index contributed by atoms with van der Waals surface area (Å²) < 4.78 is 6.97. The third kappa shape index (κ3) is 1.64. The number of carbonyl (C=O) groups excluding carboxylic acids is 1. The summed E-state index contributed by atoms with van der Waals surface area (Å²) in [5, 5.41) is 4.57. The summed E-state index contributed by atoms with van der Waals surface area (Å²) >= 11 is 0. The van der Waals surface area contributed by atoms with Crippen molar-refractivity contribution in [3.8, 4) is 28.3 Å². The fourth-order valence-corrected chi connectivity index (χ4v) is 3.03. The van der Waals surface area contributed by atoms with Gasteiger partial charge in [0.1, 0.15) is 11.4 Å². The van der Waals surface area contributed by atoms with Gasteiger partial charge >= 0.3 is 0 Å². The van der Waals surface area contributed by atoms with Crippen molar-refractivity contribution in [3.63, 3.8) is 0 Å². The van der Waals surface area contributed by atoms with Crippen molar-refractivity contribution in [1.29, 1.82) is 0 Å². The normalized spacial score (nSPS) is 12.2. The summed E-state index contributed by atoms with van der Waals surface area (Å²) in [6.07, 6.45) is 0. The van der Waals surface area contributed by atoms with Crippen molar-refractivity contribution in [2.45, 2.75) is 0 Å². The van der Waals surface area contributed by atoms with Crippen LogP contribution in [0.15, 0.2) is 48.5 Å². The van der Waals surface area contributed by atoms with Crippen LogP contribution in [-0.2, 0) is 7.05 Å². The average Bonchev–Trinajstić information content (AvgIpc) is 3.03. The predicted octanol–water partition coefficient (Wildman–Crippen LogP) is 3.31. The van der Waals surface area contributed by atoms with E-state index in [9.17, 15) is 4.79 Å². The quantitative estimate of drug-likeness (QED) is 0.569. The molecule has 0 aliphatic heterocycles. The second kappa shape index (κ2) is 4.56. The number of nitrogens with zero attached hydrogens (tertiary/aromatic N) is 2. The molecule has 4 heteroatoms. The Hall–Kier alpha value is -2.88. The Morgan fingerprint density at radius 2 is 1.68 bits per heavy atom. The molecule has 4 nitrogen and oxygen atoms in total. The molecule has 0 saturated heterocycles. The molecule has 0 fully saturated rings. The SMILES string of the molecule is COc1ccc(-c2c3c(nn2C)-c2ccccc2C3=O)cc1. The van der Waals surface area contributed by atoms with Crippen LogP contribution in [0.4, 0.5) is 0 Å². The first kappa shape index (κ1) is 12.8. The Balaban J connectivity index is 1.93. The molecule has 0 unspecified atom stereocenters. The molecule has 0 saturated carbocycles. The lowest BCUT2D eigenvalue weighted by Gasteiger charge is -2.06. The number of ether oxygens (including phenoxy) is 1. The molecule has 22 heavy (non-hydrogen) atoms. The van der Waals surface area contributed by atoms with Gasteiger partial charge in [-0.25, -0.2) is 0 Å². The third-order valence-corrected chi connectivity index (χ3v) is 4.06. The molecule has 0 radical (unpaired) electrons. The van der Waals surface area contributed by atoms with E-state index in [1.54, 1.807) is 11.8 Å². The number of benzene rings is 2. The van der Waals surface area contributed by atoms with Gasteiger partial charge in [0.05, 0.1) is 18.4 Å². The molecule has 1 aromatic heterocycles. The largest absolute Gasteiger partial charge is 0.497 e. The molecule has 0 spiro atoms. The fraction of sp³-hybridized carbons (Fsp3) is 0.111. The van der Waals surface area contributed by atoms with Gasteiger partial charge in [0.25, 0.3) is 0 Å². The number of hydrogen-bond donors (Lipinski definition) is 0. The van der Waals surface area contributed by atoms with Crippen LogP contribution in [0, 0.1) is 0 Å². The molecule has 0 N–H and O–H groups in total. The molecule has 0 amide bonds. The van der Waals surface area contributed by atoms with Crippen molar-refractivity contribution in [2.24, 2.45) is 7.05 Å². The van der Waals surface area contributed by atoms with Gasteiger partial charge in [0, 0.05) is 23.7 Å². The van der Waals surface area contributed by atoms with Gasteiger partial charge in [-0.3, -0.25) is 9.48 Å². The van der Waals surface area contributed by atoms with Crippen LogP contribution in [0.5, 0.6) is 5.75 Å². The number of aromatic nitrogens is 2. The van der Waals surface area contributed by atoms with Gasteiger partial charge in [0.2, 0.25) is 0 Å². The molecule has 4 rings (SSSR count). The van der Waals surface area contributed by atoms with Crippen LogP contribution >= 0.6 is 0 Å². The van der Waals surface area contributed by atoms with E-state index in [1.807, 2.05) is 55.6 Å². The van der Waals surface area contributed by atoms with Gasteiger partial charge in [-0.05, 0) is 24.3 Å². The fourth-order valence-electron chi connectivity index (χ4n) is 3.03. The molecule has 3 aromatic rings. The highest BCUT2D eigenvalue weighted by Gasteiger charge is 2.33. The molecule has 2 aromatic carbocycles. The van der Waals surface area contributed by atoms with Crippen molar-refractivity contribution in [2.75, 3.05) is 7.11 Å². The lowest BCUT2D eigenvalue weighted by molar-refractivity contribution is 0.104. The lowest BCUT2D eigenvalue weighted by atomic mass is 10.0. The number of methoxy groups -OCH3 is 1. The van der Waals surface area contributed by atoms with Gasteiger partial charge in [-0.1, -0.05) is 24.3 Å². The van der Waals surface area contributed by atoms with Crippen molar-refractivity contribution in [1.82, 2.24) is 9.78 Å². The second-order valence-corrected chi connectivity index (χ2v) is 5.30. The Morgan fingerprint density at radius 3 is 2.36 bits per heavy atom. The van der Waals surface area contributed by atoms with Crippen LogP contribution in [0.1, 0.15) is 15.9 Å². The van der Waals surface area contributed by atoms with Gasteiger partial charge in [-0.2, -0.15) is 5.10 Å². The Kier molecular flexibility index (Phi) is 2.66. The van der Waals surface area contributed by atoms with E-state index in [2.05, 4.69) is 5.10 Å². The van der Waals surface area contributed by atoms with E-state index in [1.165, 1.54) is 0 Å². The van der Waals surface area contributed by atoms with Crippen LogP contribution in [0.2, 0.25) is 0 Å². The number of hydrogen-bond acceptors (Lipinski definition) is 3. The zero-order valence-corrected chi connectivity index (χ0v) is 12.3. The summed E-state index contributed by atoms with van der Waals surface area (Å²) in [5.41, 5.74) is 4.91. The van der Waals surface area contributed by atoms with E-state index in [0.717, 1.165) is 33.8 Å². The Bertz CT molecular complexity index is 892. The molecule has 108 valence electrons. The minimum absolute atomic E-state index is 0.0459. The summed E-state index contributed by atoms with van der Waals surface area (Å²) in [4.78, 5) is 12.7. The minimum Gasteiger partial charge on any atom is -0.497 e. The second-order valence-electron chi connectivity index (χ2n) is 5.30. The van der Waals surface area contributed by atoms with Crippen LogP contribution in [-0.4, -0.2) is 22.7 Å². The smallest absolute Gasteiger partial charge is 0.198 e. The molecule has 0 atom stereocenters. The standard InChI is InChI=1S/C18H14N2O2/c1-20-17(11-7-9-12(22-2)10-8-11)15-16(19-20)13-5-3-4-6-14(13)18(15)21/h3-10H,1-2H3. The topological polar surface area (TPSA) is 44.1 Å². The molecular formula is C18H14N2O2. The van der Waals surface area contributed by atoms with Gasteiger partial charge < -0.3 is 4.74 Å². The number of ketones is 1. The first-order chi connectivity index (χ1) is 10.7. The van der Waals surface area contributed by atoms with Crippen molar-refractivity contribution < 1.29 is 9.53 Å². The summed E-state index contributed by atoms with van der Waals surface area (Å²) in [6.45, 7) is 0. The van der Waals surface area contributed by atoms with E-state index in [-0.39, 0.29) is 5.78 Å². The summed E-state index contributed by atoms with van der Waals surface area (Å²) in [6, 6.07) is 15.3. The van der Waals surface area contributed by atoms with Crippen molar-refractivity contribution >= 4 is 5.78 Å². The van der Waals surface area contributed by atoms with E-state index in [4.69, 9.17) is 4.74 Å². The van der Waals surface area contributed by atoms with E-state index in [0.29, 0.717) is 5.56 Å². The highest BCUT2D eigenvalue weighted by atomic mass is 16.5. The van der Waals surface area contributed by atoms with Crippen molar-refractivity contribution in [3.05, 3.63) is 59.7 Å². The number of fused-ring (bicyclic) bond motifs is 3. The average molecular weight is 290 g/mol. The molecular weight excluding hydrogens is 276 g/mol. The predicted molar refractivity (Wildman–Crippen MR) is 84.1 cm³/mol. The number of rotatable bonds is 2. The maximum atomic E-state index is 12.7. The lowest BCUT2D eigenvalue weighted by Crippen LogP contribution is -2.02. The summed E-state index contributed by atoms with van der Waals surface area (Å²) in [7, 11) is 3.50. The van der Waals surface area contributed by atoms with Gasteiger partial charge in [-0.15, -0.1) is 0 Å². The molecule has 1 aliphatic rings. The zero-order chi connectivity index (χ0) is 15.3. The first-order valence-corrected chi connectivity index (χ1v) is 7.06. The Labute approximate surface area is 128 Å². The summed E-state index contributed by atoms with van der Waals surface area (Å²) in [5.74, 6) is 0.835. The van der Waals surface area contributed by atoms with E-state index < -0.39 is 0 Å². The number of aryl methyl sites for hydroxylation is 1. The first-order valence-electron chi connectivity index (χ1n) is 7.06. The van der Waals surface area contributed by atoms with Gasteiger partial charge in [0.15, 0.2) is 5.78 Å². The molecule has 1 aliphatic carbocycles. The van der Waals surface area contributed by atoms with Crippen LogP contribution in [0.3, 0.4) is 0 Å². The molecule has 0 bridgehead atoms. The maximum Gasteiger partial charge on any atom is 0.198 e. The maximum absolute atomic E-state index is 12.7. The van der Waals surface area contributed by atoms with Crippen LogP contribution < -0.4 is 4.74 Å². The van der Waals surface area contributed by atoms with E-state index >= 15 is 0 Å². The zero-order valence-electron chi connectivity index (χ0n) is 12.3. The molecule has 1 heterocycles. The number of carbonyl (C=O) groups is 1. The highest BCUT2D eigenvalue weighted by Crippen LogP contribution is 2.40. The highest BCUT2D eigenvalue weighted by molar-refractivity contribution is 6.23. The third-order valence-electron chi connectivity index (χ3n) is 4.06. The Morgan fingerprint density at radius 1 is 1.00 bits per heavy atom.